The number of para-hydroxylation sites is 1. The predicted molar refractivity (Wildman–Crippen MR) is 90.3 cm³/mol. The minimum atomic E-state index is 0.0490. The van der Waals surface area contributed by atoms with Gasteiger partial charge in [0.15, 0.2) is 0 Å². The van der Waals surface area contributed by atoms with Gasteiger partial charge in [0, 0.05) is 13.1 Å². The van der Waals surface area contributed by atoms with Crippen LogP contribution in [-0.4, -0.2) is 43.1 Å². The third kappa shape index (κ3) is 3.64. The van der Waals surface area contributed by atoms with Crippen LogP contribution in [-0.2, 0) is 4.79 Å². The van der Waals surface area contributed by atoms with Crippen LogP contribution in [0.25, 0.3) is 0 Å². The molecule has 0 spiro atoms. The van der Waals surface area contributed by atoms with E-state index >= 15 is 0 Å². The molecule has 1 heterocycles. The molecule has 2 rings (SSSR count). The molecule has 0 saturated heterocycles. The van der Waals surface area contributed by atoms with Gasteiger partial charge in [-0.15, -0.1) is 0 Å². The van der Waals surface area contributed by atoms with Gasteiger partial charge >= 0.3 is 0 Å². The Balaban J connectivity index is 2.17. The van der Waals surface area contributed by atoms with Gasteiger partial charge in [-0.3, -0.25) is 4.79 Å². The highest BCUT2D eigenvalue weighted by Crippen LogP contribution is 2.38. The fourth-order valence-electron chi connectivity index (χ4n) is 2.94. The smallest absolute Gasteiger partial charge is 0.242 e. The van der Waals surface area contributed by atoms with Crippen LogP contribution in [0.5, 0.6) is 5.75 Å². The molecule has 1 aliphatic heterocycles. The molecule has 0 radical (unpaired) electrons. The molecular weight excluding hydrogens is 278 g/mol. The first-order chi connectivity index (χ1) is 10.6. The van der Waals surface area contributed by atoms with Crippen LogP contribution >= 0.6 is 0 Å². The van der Waals surface area contributed by atoms with E-state index < -0.39 is 0 Å². The normalized spacial score (nSPS) is 16.9. The second-order valence-electron chi connectivity index (χ2n) is 5.88. The topological polar surface area (TPSA) is 58.8 Å². The third-order valence-corrected chi connectivity index (χ3v) is 3.82. The summed E-state index contributed by atoms with van der Waals surface area (Å²) in [6.45, 7) is 8.86. The van der Waals surface area contributed by atoms with Gasteiger partial charge in [0.05, 0.1) is 18.8 Å². The molecule has 1 atom stereocenters. The van der Waals surface area contributed by atoms with E-state index in [0.717, 1.165) is 37.4 Å². The maximum absolute atomic E-state index is 12.6. The molecule has 0 saturated carbocycles. The number of anilines is 2. The summed E-state index contributed by atoms with van der Waals surface area (Å²) in [7, 11) is 0. The molecule has 5 nitrogen and oxygen atoms in total. The van der Waals surface area contributed by atoms with Crippen molar-refractivity contribution in [3.63, 3.8) is 0 Å². The number of nitrogens with two attached hydrogens (primary N) is 1. The SMILES string of the molecule is CCCN(CCC)C(=O)CN1CC(C)Oc2cccc(N)c21. The fourth-order valence-corrected chi connectivity index (χ4v) is 2.94. The van der Waals surface area contributed by atoms with Crippen molar-refractivity contribution < 1.29 is 9.53 Å². The molecule has 0 bridgehead atoms. The lowest BCUT2D eigenvalue weighted by atomic mass is 10.1. The van der Waals surface area contributed by atoms with Crippen LogP contribution in [0.4, 0.5) is 11.4 Å². The van der Waals surface area contributed by atoms with E-state index in [1.807, 2.05) is 30.0 Å². The second kappa shape index (κ2) is 7.38. The maximum Gasteiger partial charge on any atom is 0.242 e. The molecule has 1 unspecified atom stereocenters. The lowest BCUT2D eigenvalue weighted by Gasteiger charge is -2.36. The second-order valence-corrected chi connectivity index (χ2v) is 5.88. The van der Waals surface area contributed by atoms with Crippen LogP contribution in [0.2, 0.25) is 0 Å². The largest absolute Gasteiger partial charge is 0.487 e. The number of fused-ring (bicyclic) bond motifs is 1. The Morgan fingerprint density at radius 1 is 1.36 bits per heavy atom. The van der Waals surface area contributed by atoms with Crippen molar-refractivity contribution in [1.82, 2.24) is 4.90 Å². The molecule has 1 aliphatic rings. The average Bonchev–Trinajstić information content (AvgIpc) is 2.46. The number of nitrogen functional groups attached to an aromatic ring is 1. The standard InChI is InChI=1S/C17H27N3O2/c1-4-9-19(10-5-2)16(21)12-20-11-13(3)22-15-8-6-7-14(18)17(15)20/h6-8,13H,4-5,9-12,18H2,1-3H3. The Morgan fingerprint density at radius 2 is 2.05 bits per heavy atom. The van der Waals surface area contributed by atoms with Crippen LogP contribution in [0.1, 0.15) is 33.6 Å². The quantitative estimate of drug-likeness (QED) is 0.820. The van der Waals surface area contributed by atoms with Crippen LogP contribution in [0.15, 0.2) is 18.2 Å². The Labute approximate surface area is 133 Å². The monoisotopic (exact) mass is 305 g/mol. The molecule has 1 aromatic rings. The summed E-state index contributed by atoms with van der Waals surface area (Å²) in [5, 5.41) is 0. The molecule has 2 N–H and O–H groups in total. The number of amides is 1. The molecule has 0 fully saturated rings. The van der Waals surface area contributed by atoms with Crippen LogP contribution < -0.4 is 15.4 Å². The van der Waals surface area contributed by atoms with Crippen molar-refractivity contribution in [3.8, 4) is 5.75 Å². The number of hydrogen-bond acceptors (Lipinski definition) is 4. The summed E-state index contributed by atoms with van der Waals surface area (Å²) < 4.78 is 5.83. The first-order valence-corrected chi connectivity index (χ1v) is 8.14. The Hall–Kier alpha value is -1.91. The van der Waals surface area contributed by atoms with Gasteiger partial charge in [-0.05, 0) is 31.9 Å². The van der Waals surface area contributed by atoms with E-state index in [9.17, 15) is 4.79 Å². The van der Waals surface area contributed by atoms with Gasteiger partial charge in [-0.2, -0.15) is 0 Å². The van der Waals surface area contributed by atoms with Gasteiger partial charge in [0.1, 0.15) is 17.5 Å². The summed E-state index contributed by atoms with van der Waals surface area (Å²) in [5.41, 5.74) is 7.61. The van der Waals surface area contributed by atoms with Crippen molar-refractivity contribution in [3.05, 3.63) is 18.2 Å². The van der Waals surface area contributed by atoms with Gasteiger partial charge in [0.2, 0.25) is 5.91 Å². The first kappa shape index (κ1) is 16.5. The molecule has 22 heavy (non-hydrogen) atoms. The number of ether oxygens (including phenoxy) is 1. The fraction of sp³-hybridized carbons (Fsp3) is 0.588. The number of carbonyl (C=O) groups is 1. The van der Waals surface area contributed by atoms with Crippen molar-refractivity contribution in [2.45, 2.75) is 39.7 Å². The first-order valence-electron chi connectivity index (χ1n) is 8.14. The highest BCUT2D eigenvalue weighted by atomic mass is 16.5. The van der Waals surface area contributed by atoms with Crippen molar-refractivity contribution in [1.29, 1.82) is 0 Å². The van der Waals surface area contributed by atoms with Crippen molar-refractivity contribution in [2.24, 2.45) is 0 Å². The summed E-state index contributed by atoms with van der Waals surface area (Å²) in [5.74, 6) is 0.927. The lowest BCUT2D eigenvalue weighted by Crippen LogP contribution is -2.46. The highest BCUT2D eigenvalue weighted by molar-refractivity contribution is 5.85. The van der Waals surface area contributed by atoms with Gasteiger partial charge in [-0.25, -0.2) is 0 Å². The van der Waals surface area contributed by atoms with Crippen LogP contribution in [0, 0.1) is 0 Å². The zero-order valence-corrected chi connectivity index (χ0v) is 13.8. The minimum absolute atomic E-state index is 0.0490. The van der Waals surface area contributed by atoms with E-state index in [1.54, 1.807) is 0 Å². The van der Waals surface area contributed by atoms with Crippen molar-refractivity contribution >= 4 is 17.3 Å². The highest BCUT2D eigenvalue weighted by Gasteiger charge is 2.27. The number of benzene rings is 1. The molecule has 0 aliphatic carbocycles. The Kier molecular flexibility index (Phi) is 5.52. The van der Waals surface area contributed by atoms with Crippen LogP contribution in [0.3, 0.4) is 0 Å². The number of nitrogens with zero attached hydrogens (tertiary/aromatic N) is 2. The zero-order valence-electron chi connectivity index (χ0n) is 13.8. The molecule has 5 heteroatoms. The molecule has 122 valence electrons. The Bertz CT molecular complexity index is 513. The number of hydrogen-bond donors (Lipinski definition) is 1. The predicted octanol–water partition coefficient (Wildman–Crippen LogP) is 2.50. The molecule has 1 aromatic carbocycles. The van der Waals surface area contributed by atoms with E-state index in [4.69, 9.17) is 10.5 Å². The van der Waals surface area contributed by atoms with Crippen molar-refractivity contribution in [2.75, 3.05) is 36.8 Å². The summed E-state index contributed by atoms with van der Waals surface area (Å²) in [6, 6.07) is 5.65. The van der Waals surface area contributed by atoms with Gasteiger partial charge in [-0.1, -0.05) is 19.9 Å². The van der Waals surface area contributed by atoms with E-state index in [0.29, 0.717) is 18.8 Å². The van der Waals surface area contributed by atoms with Gasteiger partial charge in [0.25, 0.3) is 0 Å². The molecule has 1 amide bonds. The Morgan fingerprint density at radius 3 is 2.68 bits per heavy atom. The minimum Gasteiger partial charge on any atom is -0.487 e. The molecular formula is C17H27N3O2. The number of carbonyl (C=O) groups excluding carboxylic acids is 1. The zero-order chi connectivity index (χ0) is 16.1. The molecule has 0 aromatic heterocycles. The summed E-state index contributed by atoms with van der Waals surface area (Å²) in [4.78, 5) is 16.6. The third-order valence-electron chi connectivity index (χ3n) is 3.82. The van der Waals surface area contributed by atoms with Gasteiger partial charge < -0.3 is 20.3 Å². The number of rotatable bonds is 6. The summed E-state index contributed by atoms with van der Waals surface area (Å²) in [6.07, 6.45) is 2.00. The van der Waals surface area contributed by atoms with E-state index in [-0.39, 0.29) is 12.0 Å². The lowest BCUT2D eigenvalue weighted by molar-refractivity contribution is -0.129. The van der Waals surface area contributed by atoms with E-state index in [1.165, 1.54) is 0 Å². The summed E-state index contributed by atoms with van der Waals surface area (Å²) >= 11 is 0. The average molecular weight is 305 g/mol. The maximum atomic E-state index is 12.6. The van der Waals surface area contributed by atoms with E-state index in [2.05, 4.69) is 18.7 Å².